The number of hydrogen-bond acceptors (Lipinski definition) is 4. The third-order valence-corrected chi connectivity index (χ3v) is 3.05. The first-order valence-electron chi connectivity index (χ1n) is 6.04. The number of hydrogen-bond donors (Lipinski definition) is 2. The van der Waals surface area contributed by atoms with Crippen molar-refractivity contribution in [2.24, 2.45) is 11.8 Å². The highest BCUT2D eigenvalue weighted by Gasteiger charge is 2.38. The van der Waals surface area contributed by atoms with Crippen LogP contribution < -0.4 is 0 Å². The van der Waals surface area contributed by atoms with Crippen LogP contribution in [0.25, 0.3) is 0 Å². The summed E-state index contributed by atoms with van der Waals surface area (Å²) in [5, 5.41) is 18.7. The van der Waals surface area contributed by atoms with Crippen LogP contribution in [0, 0.1) is 11.8 Å². The molecule has 0 aliphatic carbocycles. The van der Waals surface area contributed by atoms with Crippen molar-refractivity contribution in [3.63, 3.8) is 0 Å². The first kappa shape index (κ1) is 13.5. The van der Waals surface area contributed by atoms with Gasteiger partial charge < -0.3 is 14.9 Å². The second kappa shape index (κ2) is 6.21. The number of aliphatic hydroxyl groups is 2. The van der Waals surface area contributed by atoms with Crippen molar-refractivity contribution in [2.75, 3.05) is 6.61 Å². The smallest absolute Gasteiger partial charge is 0.312 e. The molecule has 0 saturated carbocycles. The van der Waals surface area contributed by atoms with Gasteiger partial charge in [-0.25, -0.2) is 0 Å². The van der Waals surface area contributed by atoms with E-state index in [1.54, 1.807) is 0 Å². The van der Waals surface area contributed by atoms with Crippen LogP contribution in [0.4, 0.5) is 0 Å². The van der Waals surface area contributed by atoms with Gasteiger partial charge in [0.2, 0.25) is 0 Å². The van der Waals surface area contributed by atoms with E-state index in [0.29, 0.717) is 18.8 Å². The lowest BCUT2D eigenvalue weighted by Gasteiger charge is -2.14. The van der Waals surface area contributed by atoms with Crippen LogP contribution in [-0.2, 0) is 9.53 Å². The lowest BCUT2D eigenvalue weighted by Crippen LogP contribution is -2.24. The summed E-state index contributed by atoms with van der Waals surface area (Å²) in [6, 6.07) is 0. The van der Waals surface area contributed by atoms with Crippen LogP contribution in [0.2, 0.25) is 0 Å². The SMILES string of the molecule is CC(C)CCC[C@@H](O)[C@H]1C[C@H](CO)OC1=O. The maximum Gasteiger partial charge on any atom is 0.312 e. The van der Waals surface area contributed by atoms with Crippen LogP contribution >= 0.6 is 0 Å². The highest BCUT2D eigenvalue weighted by molar-refractivity contribution is 5.75. The van der Waals surface area contributed by atoms with E-state index in [9.17, 15) is 9.90 Å². The van der Waals surface area contributed by atoms with Crippen molar-refractivity contribution in [3.05, 3.63) is 0 Å². The Hall–Kier alpha value is -0.610. The summed E-state index contributed by atoms with van der Waals surface area (Å²) < 4.78 is 4.92. The predicted molar refractivity (Wildman–Crippen MR) is 59.8 cm³/mol. The van der Waals surface area contributed by atoms with Crippen molar-refractivity contribution in [2.45, 2.75) is 51.7 Å². The number of rotatable bonds is 6. The fourth-order valence-electron chi connectivity index (χ4n) is 2.04. The summed E-state index contributed by atoms with van der Waals surface area (Å²) in [6.07, 6.45) is 2.02. The summed E-state index contributed by atoms with van der Waals surface area (Å²) >= 11 is 0. The molecule has 94 valence electrons. The van der Waals surface area contributed by atoms with Crippen LogP contribution in [0.5, 0.6) is 0 Å². The first-order chi connectivity index (χ1) is 7.54. The van der Waals surface area contributed by atoms with Gasteiger partial charge in [-0.05, 0) is 12.3 Å². The van der Waals surface area contributed by atoms with Gasteiger partial charge in [0.25, 0.3) is 0 Å². The Morgan fingerprint density at radius 2 is 2.12 bits per heavy atom. The second-order valence-electron chi connectivity index (χ2n) is 4.98. The molecule has 4 heteroatoms. The third kappa shape index (κ3) is 3.76. The van der Waals surface area contributed by atoms with Gasteiger partial charge in [-0.3, -0.25) is 4.79 Å². The summed E-state index contributed by atoms with van der Waals surface area (Å²) in [5.74, 6) is -0.187. The Balaban J connectivity index is 2.31. The van der Waals surface area contributed by atoms with Gasteiger partial charge in [-0.1, -0.05) is 26.7 Å². The molecule has 0 aromatic rings. The Morgan fingerprint density at radius 1 is 1.44 bits per heavy atom. The summed E-state index contributed by atoms with van der Waals surface area (Å²) in [6.45, 7) is 4.12. The number of aliphatic hydroxyl groups excluding tert-OH is 2. The van der Waals surface area contributed by atoms with E-state index in [0.717, 1.165) is 12.8 Å². The molecule has 0 amide bonds. The Morgan fingerprint density at radius 3 is 2.62 bits per heavy atom. The van der Waals surface area contributed by atoms with Gasteiger partial charge >= 0.3 is 5.97 Å². The van der Waals surface area contributed by atoms with Crippen molar-refractivity contribution in [1.29, 1.82) is 0 Å². The van der Waals surface area contributed by atoms with E-state index in [1.807, 2.05) is 0 Å². The molecule has 1 aliphatic heterocycles. The van der Waals surface area contributed by atoms with Gasteiger partial charge in [0, 0.05) is 6.42 Å². The molecule has 0 bridgehead atoms. The van der Waals surface area contributed by atoms with Crippen molar-refractivity contribution in [3.8, 4) is 0 Å². The molecule has 1 fully saturated rings. The van der Waals surface area contributed by atoms with E-state index in [2.05, 4.69) is 13.8 Å². The Kier molecular flexibility index (Phi) is 5.22. The maximum atomic E-state index is 11.4. The highest BCUT2D eigenvalue weighted by atomic mass is 16.6. The van der Waals surface area contributed by atoms with Gasteiger partial charge in [-0.2, -0.15) is 0 Å². The zero-order valence-electron chi connectivity index (χ0n) is 10.1. The lowest BCUT2D eigenvalue weighted by atomic mass is 9.93. The van der Waals surface area contributed by atoms with E-state index >= 15 is 0 Å². The molecule has 2 N–H and O–H groups in total. The molecule has 0 aromatic carbocycles. The number of carbonyl (C=O) groups is 1. The van der Waals surface area contributed by atoms with E-state index < -0.39 is 18.1 Å². The van der Waals surface area contributed by atoms with Gasteiger partial charge in [-0.15, -0.1) is 0 Å². The third-order valence-electron chi connectivity index (χ3n) is 3.05. The topological polar surface area (TPSA) is 66.8 Å². The molecule has 1 saturated heterocycles. The molecule has 1 heterocycles. The minimum Gasteiger partial charge on any atom is -0.460 e. The number of carbonyl (C=O) groups excluding carboxylic acids is 1. The number of cyclic esters (lactones) is 1. The first-order valence-corrected chi connectivity index (χ1v) is 6.04. The highest BCUT2D eigenvalue weighted by Crippen LogP contribution is 2.26. The monoisotopic (exact) mass is 230 g/mol. The van der Waals surface area contributed by atoms with Crippen LogP contribution in [0.15, 0.2) is 0 Å². The molecule has 0 spiro atoms. The fourth-order valence-corrected chi connectivity index (χ4v) is 2.04. The molecular formula is C12H22O4. The van der Waals surface area contributed by atoms with Crippen LogP contribution in [0.3, 0.4) is 0 Å². The minimum absolute atomic E-state index is 0.152. The van der Waals surface area contributed by atoms with Crippen LogP contribution in [0.1, 0.15) is 39.5 Å². The Labute approximate surface area is 96.6 Å². The van der Waals surface area contributed by atoms with E-state index in [4.69, 9.17) is 9.84 Å². The molecular weight excluding hydrogens is 208 g/mol. The molecule has 1 aliphatic rings. The normalized spacial score (nSPS) is 27.2. The molecule has 0 radical (unpaired) electrons. The van der Waals surface area contributed by atoms with Crippen molar-refractivity contribution in [1.82, 2.24) is 0 Å². The van der Waals surface area contributed by atoms with E-state index in [1.165, 1.54) is 0 Å². The largest absolute Gasteiger partial charge is 0.460 e. The number of ether oxygens (including phenoxy) is 1. The number of esters is 1. The lowest BCUT2D eigenvalue weighted by molar-refractivity contribution is -0.147. The van der Waals surface area contributed by atoms with Crippen LogP contribution in [-0.4, -0.2) is 35.0 Å². The molecule has 0 aromatic heterocycles. The van der Waals surface area contributed by atoms with E-state index in [-0.39, 0.29) is 12.6 Å². The zero-order valence-corrected chi connectivity index (χ0v) is 10.1. The second-order valence-corrected chi connectivity index (χ2v) is 4.98. The zero-order chi connectivity index (χ0) is 12.1. The summed E-state index contributed by atoms with van der Waals surface area (Å²) in [7, 11) is 0. The van der Waals surface area contributed by atoms with Gasteiger partial charge in [0.1, 0.15) is 6.10 Å². The summed E-state index contributed by atoms with van der Waals surface area (Å²) in [4.78, 5) is 11.4. The standard InChI is InChI=1S/C12H22O4/c1-8(2)4-3-5-11(14)10-6-9(7-13)16-12(10)15/h8-11,13-14H,3-7H2,1-2H3/t9-,10-,11-/m1/s1. The molecule has 4 nitrogen and oxygen atoms in total. The minimum atomic E-state index is -0.622. The van der Waals surface area contributed by atoms with Gasteiger partial charge in [0.05, 0.1) is 18.6 Å². The molecule has 3 atom stereocenters. The van der Waals surface area contributed by atoms with Gasteiger partial charge in [0.15, 0.2) is 0 Å². The average molecular weight is 230 g/mol. The fraction of sp³-hybridized carbons (Fsp3) is 0.917. The molecule has 16 heavy (non-hydrogen) atoms. The maximum absolute atomic E-state index is 11.4. The quantitative estimate of drug-likeness (QED) is 0.670. The van der Waals surface area contributed by atoms with Crippen molar-refractivity contribution >= 4 is 5.97 Å². The summed E-state index contributed by atoms with van der Waals surface area (Å²) in [5.41, 5.74) is 0. The molecule has 1 rings (SSSR count). The van der Waals surface area contributed by atoms with Crippen molar-refractivity contribution < 1.29 is 19.7 Å². The molecule has 0 unspecified atom stereocenters. The average Bonchev–Trinajstić information content (AvgIpc) is 2.59. The Bertz CT molecular complexity index is 227. The predicted octanol–water partition coefficient (Wildman–Crippen LogP) is 1.10.